The molecule has 21 heavy (non-hydrogen) atoms. The number of rotatable bonds is 3. The van der Waals surface area contributed by atoms with Crippen LogP contribution in [-0.2, 0) is 11.2 Å². The van der Waals surface area contributed by atoms with E-state index in [-0.39, 0.29) is 24.8 Å². The van der Waals surface area contributed by atoms with Crippen molar-refractivity contribution in [3.63, 3.8) is 0 Å². The summed E-state index contributed by atoms with van der Waals surface area (Å²) in [5.74, 6) is 4.78. The lowest BCUT2D eigenvalue weighted by atomic mass is 10.1. The van der Waals surface area contributed by atoms with Crippen molar-refractivity contribution in [3.8, 4) is 11.8 Å². The van der Waals surface area contributed by atoms with Crippen molar-refractivity contribution in [2.45, 2.75) is 6.42 Å². The molecular weight excluding hydrogens is 269 g/mol. The van der Waals surface area contributed by atoms with Gasteiger partial charge < -0.3 is 10.4 Å². The van der Waals surface area contributed by atoms with Crippen molar-refractivity contribution in [3.05, 3.63) is 65.5 Å². The molecule has 106 valence electrons. The number of aliphatic hydroxyl groups is 1. The minimum Gasteiger partial charge on any atom is -0.384 e. The predicted octanol–water partition coefficient (Wildman–Crippen LogP) is 2.35. The Balaban J connectivity index is 2.07. The fourth-order valence-electron chi connectivity index (χ4n) is 1.82. The van der Waals surface area contributed by atoms with Gasteiger partial charge >= 0.3 is 0 Å². The van der Waals surface area contributed by atoms with Crippen molar-refractivity contribution in [1.82, 2.24) is 0 Å². The van der Waals surface area contributed by atoms with Gasteiger partial charge in [-0.2, -0.15) is 0 Å². The molecule has 2 rings (SSSR count). The first-order valence-corrected chi connectivity index (χ1v) is 6.42. The highest BCUT2D eigenvalue weighted by Crippen LogP contribution is 2.14. The van der Waals surface area contributed by atoms with E-state index in [9.17, 15) is 9.18 Å². The number of hydrogen-bond acceptors (Lipinski definition) is 2. The van der Waals surface area contributed by atoms with Crippen molar-refractivity contribution in [2.75, 3.05) is 11.9 Å². The molecule has 4 heteroatoms. The molecule has 0 saturated carbocycles. The Bertz CT molecular complexity index is 684. The molecule has 3 nitrogen and oxygen atoms in total. The highest BCUT2D eigenvalue weighted by Gasteiger charge is 2.06. The highest BCUT2D eigenvalue weighted by molar-refractivity contribution is 5.93. The molecule has 0 aliphatic heterocycles. The van der Waals surface area contributed by atoms with Gasteiger partial charge in [0.1, 0.15) is 12.4 Å². The maximum atomic E-state index is 12.8. The standard InChI is InChI=1S/C17H14FNO2/c18-15-9-7-13(8-10-15)12-17(21)19-16-6-2-1-4-14(16)5-3-11-20/h1-2,4,6-10,20H,11-12H2,(H,19,21). The van der Waals surface area contributed by atoms with Gasteiger partial charge in [-0.15, -0.1) is 0 Å². The van der Waals surface area contributed by atoms with Crippen molar-refractivity contribution >= 4 is 11.6 Å². The number of carbonyl (C=O) groups is 1. The number of carbonyl (C=O) groups excluding carboxylic acids is 1. The number of halogens is 1. The van der Waals surface area contributed by atoms with E-state index in [1.54, 1.807) is 36.4 Å². The van der Waals surface area contributed by atoms with E-state index >= 15 is 0 Å². The Kier molecular flexibility index (Phi) is 5.08. The Morgan fingerprint density at radius 3 is 2.57 bits per heavy atom. The third-order valence-electron chi connectivity index (χ3n) is 2.78. The number of para-hydroxylation sites is 1. The normalized spacial score (nSPS) is 9.62. The summed E-state index contributed by atoms with van der Waals surface area (Å²) in [5, 5.41) is 11.5. The zero-order valence-electron chi connectivity index (χ0n) is 11.3. The molecule has 0 aromatic heterocycles. The molecule has 2 aromatic rings. The summed E-state index contributed by atoms with van der Waals surface area (Å²) in [7, 11) is 0. The SMILES string of the molecule is O=C(Cc1ccc(F)cc1)Nc1ccccc1C#CCO. The lowest BCUT2D eigenvalue weighted by molar-refractivity contribution is -0.115. The van der Waals surface area contributed by atoms with E-state index in [0.29, 0.717) is 11.3 Å². The number of benzene rings is 2. The average molecular weight is 283 g/mol. The minimum absolute atomic E-state index is 0.155. The van der Waals surface area contributed by atoms with Crippen molar-refractivity contribution < 1.29 is 14.3 Å². The second-order valence-electron chi connectivity index (χ2n) is 4.36. The van der Waals surface area contributed by atoms with Gasteiger partial charge in [0.15, 0.2) is 0 Å². The smallest absolute Gasteiger partial charge is 0.228 e. The highest BCUT2D eigenvalue weighted by atomic mass is 19.1. The van der Waals surface area contributed by atoms with Crippen LogP contribution in [0.2, 0.25) is 0 Å². The maximum absolute atomic E-state index is 12.8. The van der Waals surface area contributed by atoms with Crippen LogP contribution in [0.4, 0.5) is 10.1 Å². The summed E-state index contributed by atoms with van der Waals surface area (Å²) in [5.41, 5.74) is 1.96. The van der Waals surface area contributed by atoms with Crippen LogP contribution >= 0.6 is 0 Å². The predicted molar refractivity (Wildman–Crippen MR) is 79.1 cm³/mol. The van der Waals surface area contributed by atoms with Gasteiger partial charge in [0, 0.05) is 5.56 Å². The van der Waals surface area contributed by atoms with Crippen LogP contribution in [0.5, 0.6) is 0 Å². The van der Waals surface area contributed by atoms with Crippen LogP contribution in [0, 0.1) is 17.7 Å². The van der Waals surface area contributed by atoms with E-state index in [0.717, 1.165) is 5.56 Å². The zero-order chi connectivity index (χ0) is 15.1. The van der Waals surface area contributed by atoms with E-state index in [4.69, 9.17) is 5.11 Å². The first-order chi connectivity index (χ1) is 10.2. The molecular formula is C17H14FNO2. The molecule has 0 spiro atoms. The van der Waals surface area contributed by atoms with Crippen LogP contribution in [0.3, 0.4) is 0 Å². The summed E-state index contributed by atoms with van der Waals surface area (Å²) in [4.78, 5) is 12.0. The number of hydrogen-bond donors (Lipinski definition) is 2. The van der Waals surface area contributed by atoms with Crippen LogP contribution in [0.25, 0.3) is 0 Å². The van der Waals surface area contributed by atoms with Crippen LogP contribution in [0.15, 0.2) is 48.5 Å². The average Bonchev–Trinajstić information content (AvgIpc) is 2.49. The molecule has 2 aromatic carbocycles. The van der Waals surface area contributed by atoms with Gasteiger partial charge in [0.2, 0.25) is 5.91 Å². The van der Waals surface area contributed by atoms with Crippen LogP contribution in [-0.4, -0.2) is 17.6 Å². The molecule has 0 fully saturated rings. The van der Waals surface area contributed by atoms with Gasteiger partial charge in [-0.1, -0.05) is 36.1 Å². The van der Waals surface area contributed by atoms with Crippen LogP contribution < -0.4 is 5.32 Å². The van der Waals surface area contributed by atoms with E-state index in [2.05, 4.69) is 17.2 Å². The number of amides is 1. The van der Waals surface area contributed by atoms with E-state index in [1.807, 2.05) is 0 Å². The summed E-state index contributed by atoms with van der Waals surface area (Å²) in [6, 6.07) is 12.9. The number of nitrogens with one attached hydrogen (secondary N) is 1. The van der Waals surface area contributed by atoms with Gasteiger partial charge in [-0.25, -0.2) is 4.39 Å². The third-order valence-corrected chi connectivity index (χ3v) is 2.78. The second kappa shape index (κ2) is 7.22. The summed E-state index contributed by atoms with van der Waals surface area (Å²) in [6.45, 7) is -0.238. The summed E-state index contributed by atoms with van der Waals surface area (Å²) < 4.78 is 12.8. The molecule has 0 heterocycles. The molecule has 0 unspecified atom stereocenters. The summed E-state index contributed by atoms with van der Waals surface area (Å²) >= 11 is 0. The lowest BCUT2D eigenvalue weighted by Crippen LogP contribution is -2.15. The first-order valence-electron chi connectivity index (χ1n) is 6.42. The fourth-order valence-corrected chi connectivity index (χ4v) is 1.82. The number of aliphatic hydroxyl groups excluding tert-OH is 1. The Labute approximate surface area is 122 Å². The Hall–Kier alpha value is -2.64. The Morgan fingerprint density at radius 1 is 1.14 bits per heavy atom. The maximum Gasteiger partial charge on any atom is 0.228 e. The van der Waals surface area contributed by atoms with Crippen molar-refractivity contribution in [2.24, 2.45) is 0 Å². The lowest BCUT2D eigenvalue weighted by Gasteiger charge is -2.07. The van der Waals surface area contributed by atoms with E-state index < -0.39 is 0 Å². The fraction of sp³-hybridized carbons (Fsp3) is 0.118. The van der Waals surface area contributed by atoms with Crippen LogP contribution in [0.1, 0.15) is 11.1 Å². The molecule has 0 aliphatic rings. The largest absolute Gasteiger partial charge is 0.384 e. The quantitative estimate of drug-likeness (QED) is 0.850. The first kappa shape index (κ1) is 14.8. The molecule has 1 amide bonds. The third kappa shape index (κ3) is 4.44. The minimum atomic E-state index is -0.330. The zero-order valence-corrected chi connectivity index (χ0v) is 11.3. The molecule has 0 saturated heterocycles. The van der Waals surface area contributed by atoms with Crippen molar-refractivity contribution in [1.29, 1.82) is 0 Å². The monoisotopic (exact) mass is 283 g/mol. The topological polar surface area (TPSA) is 49.3 Å². The van der Waals surface area contributed by atoms with Gasteiger partial charge in [-0.05, 0) is 29.8 Å². The van der Waals surface area contributed by atoms with Gasteiger partial charge in [-0.3, -0.25) is 4.79 Å². The molecule has 0 aliphatic carbocycles. The van der Waals surface area contributed by atoms with E-state index in [1.165, 1.54) is 12.1 Å². The second-order valence-corrected chi connectivity index (χ2v) is 4.36. The Morgan fingerprint density at radius 2 is 1.86 bits per heavy atom. The summed E-state index contributed by atoms with van der Waals surface area (Å²) in [6.07, 6.45) is 0.155. The molecule has 0 radical (unpaired) electrons. The number of anilines is 1. The molecule has 0 atom stereocenters. The molecule has 2 N–H and O–H groups in total. The molecule has 0 bridgehead atoms. The van der Waals surface area contributed by atoms with Gasteiger partial charge in [0.05, 0.1) is 12.1 Å². The van der Waals surface area contributed by atoms with Gasteiger partial charge in [0.25, 0.3) is 0 Å².